The number of aliphatic hydroxyl groups excluding tert-OH is 1. The minimum atomic E-state index is -4.36. The molecule has 118 valence electrons. The Morgan fingerprint density at radius 2 is 1.90 bits per heavy atom. The third kappa shape index (κ3) is 3.42. The van der Waals surface area contributed by atoms with Gasteiger partial charge in [0.05, 0.1) is 19.2 Å². The van der Waals surface area contributed by atoms with E-state index in [1.54, 1.807) is 20.8 Å². The molecule has 0 aliphatic carbocycles. The molecule has 0 bridgehead atoms. The highest BCUT2D eigenvalue weighted by Crippen LogP contribution is 2.31. The second-order valence-corrected chi connectivity index (χ2v) is 6.25. The number of rotatable bonds is 2. The van der Waals surface area contributed by atoms with Crippen LogP contribution < -0.4 is 0 Å². The molecular weight excluding hydrogens is 277 g/mol. The first-order chi connectivity index (χ1) is 8.93. The zero-order valence-electron chi connectivity index (χ0n) is 11.9. The van der Waals surface area contributed by atoms with E-state index in [-0.39, 0.29) is 24.1 Å². The molecule has 0 spiro atoms. The highest BCUT2D eigenvalue weighted by molar-refractivity contribution is 5.57. The van der Waals surface area contributed by atoms with Crippen molar-refractivity contribution in [3.8, 4) is 0 Å². The SMILES string of the molecule is CC(C)(C)[N+]1(C(=O)O)CCN(CC(F)(F)F)[C@H](CO)C1. The highest BCUT2D eigenvalue weighted by atomic mass is 19.4. The van der Waals surface area contributed by atoms with Crippen LogP contribution in [0.1, 0.15) is 20.8 Å². The van der Waals surface area contributed by atoms with Gasteiger partial charge in [-0.05, 0) is 20.8 Å². The molecular formula is C12H22F3N2O3+. The number of hydrogen-bond donors (Lipinski definition) is 2. The van der Waals surface area contributed by atoms with E-state index in [1.165, 1.54) is 0 Å². The van der Waals surface area contributed by atoms with E-state index >= 15 is 0 Å². The van der Waals surface area contributed by atoms with Crippen molar-refractivity contribution in [2.24, 2.45) is 0 Å². The fourth-order valence-corrected chi connectivity index (χ4v) is 2.73. The topological polar surface area (TPSA) is 60.8 Å². The number of halogens is 3. The van der Waals surface area contributed by atoms with Crippen molar-refractivity contribution in [1.29, 1.82) is 0 Å². The van der Waals surface area contributed by atoms with Crippen LogP contribution in [0.2, 0.25) is 0 Å². The highest BCUT2D eigenvalue weighted by Gasteiger charge is 2.53. The number of alkyl halides is 3. The zero-order chi connectivity index (χ0) is 15.8. The quantitative estimate of drug-likeness (QED) is 0.759. The second-order valence-electron chi connectivity index (χ2n) is 6.25. The molecule has 1 rings (SSSR count). The van der Waals surface area contributed by atoms with Crippen molar-refractivity contribution in [3.05, 3.63) is 0 Å². The average molecular weight is 299 g/mol. The molecule has 1 aliphatic heterocycles. The molecule has 20 heavy (non-hydrogen) atoms. The summed E-state index contributed by atoms with van der Waals surface area (Å²) in [5, 5.41) is 18.8. The smallest absolute Gasteiger partial charge is 0.435 e. The summed E-state index contributed by atoms with van der Waals surface area (Å²) in [6.45, 7) is 3.67. The summed E-state index contributed by atoms with van der Waals surface area (Å²) in [5.74, 6) is 0. The summed E-state index contributed by atoms with van der Waals surface area (Å²) in [6, 6.07) is -0.805. The Bertz CT molecular complexity index is 368. The monoisotopic (exact) mass is 299 g/mol. The van der Waals surface area contributed by atoms with E-state index in [0.29, 0.717) is 0 Å². The zero-order valence-corrected chi connectivity index (χ0v) is 11.9. The van der Waals surface area contributed by atoms with Gasteiger partial charge >= 0.3 is 12.3 Å². The van der Waals surface area contributed by atoms with Gasteiger partial charge in [-0.25, -0.2) is 4.48 Å². The molecule has 0 radical (unpaired) electrons. The summed E-state index contributed by atoms with van der Waals surface area (Å²) in [5.41, 5.74) is -0.649. The van der Waals surface area contributed by atoms with Crippen LogP contribution in [-0.4, -0.2) is 76.2 Å². The van der Waals surface area contributed by atoms with E-state index in [0.717, 1.165) is 4.90 Å². The van der Waals surface area contributed by atoms with E-state index in [4.69, 9.17) is 0 Å². The minimum absolute atomic E-state index is 0.00565. The molecule has 1 amide bonds. The van der Waals surface area contributed by atoms with Crippen LogP contribution in [0.4, 0.5) is 18.0 Å². The van der Waals surface area contributed by atoms with Gasteiger partial charge in [0, 0.05) is 6.54 Å². The largest absolute Gasteiger partial charge is 0.514 e. The molecule has 1 aliphatic rings. The number of quaternary nitrogens is 1. The summed E-state index contributed by atoms with van der Waals surface area (Å²) < 4.78 is 37.1. The standard InChI is InChI=1S/C12H21F3N2O3/c1-11(2,3)17(10(19)20)5-4-16(8-12(13,14)15)9(6-17)7-18/h9,18H,4-8H2,1-3H3/p+1/t9-,17?/m0/s1. The van der Waals surface area contributed by atoms with Crippen molar-refractivity contribution in [2.45, 2.75) is 38.5 Å². The molecule has 0 saturated carbocycles. The Morgan fingerprint density at radius 3 is 2.25 bits per heavy atom. The Morgan fingerprint density at radius 1 is 1.35 bits per heavy atom. The molecule has 2 atom stereocenters. The van der Waals surface area contributed by atoms with Gasteiger partial charge in [-0.2, -0.15) is 18.0 Å². The Hall–Kier alpha value is -0.860. The molecule has 1 saturated heterocycles. The third-order valence-electron chi connectivity index (χ3n) is 4.05. The normalized spacial score (nSPS) is 29.4. The molecule has 8 heteroatoms. The van der Waals surface area contributed by atoms with Crippen LogP contribution in [0.25, 0.3) is 0 Å². The fourth-order valence-electron chi connectivity index (χ4n) is 2.73. The maximum atomic E-state index is 12.5. The van der Waals surface area contributed by atoms with E-state index in [1.807, 2.05) is 0 Å². The first-order valence-electron chi connectivity index (χ1n) is 6.45. The predicted molar refractivity (Wildman–Crippen MR) is 66.3 cm³/mol. The molecule has 0 aromatic heterocycles. The van der Waals surface area contributed by atoms with Gasteiger partial charge in [-0.3, -0.25) is 4.90 Å². The van der Waals surface area contributed by atoms with Gasteiger partial charge in [0.2, 0.25) is 0 Å². The maximum Gasteiger partial charge on any atom is 0.514 e. The second kappa shape index (κ2) is 5.50. The lowest BCUT2D eigenvalue weighted by atomic mass is 9.97. The average Bonchev–Trinajstić information content (AvgIpc) is 2.25. The molecule has 1 unspecified atom stereocenters. The number of aliphatic hydroxyl groups is 1. The van der Waals surface area contributed by atoms with Gasteiger partial charge in [0.25, 0.3) is 0 Å². The van der Waals surface area contributed by atoms with Crippen molar-refractivity contribution in [3.63, 3.8) is 0 Å². The van der Waals surface area contributed by atoms with Gasteiger partial charge in [0.15, 0.2) is 0 Å². The van der Waals surface area contributed by atoms with Crippen molar-refractivity contribution >= 4 is 6.09 Å². The molecule has 1 heterocycles. The van der Waals surface area contributed by atoms with Crippen LogP contribution in [0, 0.1) is 0 Å². The lowest BCUT2D eigenvalue weighted by molar-refractivity contribution is -0.910. The number of carbonyl (C=O) groups is 1. The van der Waals surface area contributed by atoms with E-state index in [2.05, 4.69) is 0 Å². The molecule has 2 N–H and O–H groups in total. The maximum absolute atomic E-state index is 12.5. The first kappa shape index (κ1) is 17.2. The summed E-state index contributed by atoms with van der Waals surface area (Å²) in [4.78, 5) is 12.7. The third-order valence-corrected chi connectivity index (χ3v) is 4.05. The van der Waals surface area contributed by atoms with Gasteiger partial charge in [-0.1, -0.05) is 0 Å². The molecule has 0 aromatic carbocycles. The Balaban J connectivity index is 2.98. The minimum Gasteiger partial charge on any atom is -0.435 e. The van der Waals surface area contributed by atoms with E-state index in [9.17, 15) is 28.2 Å². The number of nitrogens with zero attached hydrogens (tertiary/aromatic N) is 2. The van der Waals surface area contributed by atoms with Gasteiger partial charge in [0.1, 0.15) is 18.6 Å². The Kier molecular flexibility index (Phi) is 4.72. The van der Waals surface area contributed by atoms with Crippen LogP contribution in [0.5, 0.6) is 0 Å². The van der Waals surface area contributed by atoms with Crippen molar-refractivity contribution < 1.29 is 32.7 Å². The molecule has 5 nitrogen and oxygen atoms in total. The lowest BCUT2D eigenvalue weighted by Gasteiger charge is -2.50. The van der Waals surface area contributed by atoms with Crippen LogP contribution >= 0.6 is 0 Å². The van der Waals surface area contributed by atoms with E-state index < -0.39 is 37.0 Å². The van der Waals surface area contributed by atoms with Crippen molar-refractivity contribution in [1.82, 2.24) is 4.90 Å². The summed E-state index contributed by atoms with van der Waals surface area (Å²) in [7, 11) is 0. The Labute approximate surface area is 116 Å². The molecule has 0 aromatic rings. The van der Waals surface area contributed by atoms with Gasteiger partial charge < -0.3 is 10.2 Å². The van der Waals surface area contributed by atoms with Crippen LogP contribution in [0.3, 0.4) is 0 Å². The van der Waals surface area contributed by atoms with Crippen LogP contribution in [-0.2, 0) is 0 Å². The predicted octanol–water partition coefficient (Wildman–Crippen LogP) is 1.52. The number of hydrogen-bond acceptors (Lipinski definition) is 3. The van der Waals surface area contributed by atoms with Crippen molar-refractivity contribution in [2.75, 3.05) is 32.8 Å². The lowest BCUT2D eigenvalue weighted by Crippen LogP contribution is -2.73. The summed E-state index contributed by atoms with van der Waals surface area (Å²) >= 11 is 0. The number of amides is 1. The fraction of sp³-hybridized carbons (Fsp3) is 0.917. The van der Waals surface area contributed by atoms with Gasteiger partial charge in [-0.15, -0.1) is 0 Å². The molecule has 1 fully saturated rings. The number of piperazine rings is 1. The number of carboxylic acid groups (broad SMARTS) is 1. The first-order valence-corrected chi connectivity index (χ1v) is 6.45. The summed E-state index contributed by atoms with van der Waals surface area (Å²) in [6.07, 6.45) is -5.42. The van der Waals surface area contributed by atoms with Crippen LogP contribution in [0.15, 0.2) is 0 Å².